The van der Waals surface area contributed by atoms with Gasteiger partial charge in [0.15, 0.2) is 16.3 Å². The summed E-state index contributed by atoms with van der Waals surface area (Å²) in [4.78, 5) is 31.9. The van der Waals surface area contributed by atoms with Crippen LogP contribution in [0.1, 0.15) is 44.4 Å². The Hall–Kier alpha value is -3.17. The summed E-state index contributed by atoms with van der Waals surface area (Å²) in [7, 11) is 1.34. The summed E-state index contributed by atoms with van der Waals surface area (Å²) in [6, 6.07) is 12.5. The van der Waals surface area contributed by atoms with E-state index in [4.69, 9.17) is 19.2 Å². The number of methoxy groups -OCH3 is 1. The molecule has 0 bridgehead atoms. The molecule has 2 aromatic carbocycles. The molecule has 1 aromatic heterocycles. The van der Waals surface area contributed by atoms with E-state index in [1.807, 2.05) is 69.3 Å². The molecule has 0 saturated carbocycles. The average Bonchev–Trinajstić information content (AvgIpc) is 3.20. The van der Waals surface area contributed by atoms with Crippen LogP contribution < -0.4 is 24.4 Å². The molecule has 1 aliphatic rings. The summed E-state index contributed by atoms with van der Waals surface area (Å²) < 4.78 is 19.4. The van der Waals surface area contributed by atoms with Crippen LogP contribution in [0.15, 0.2) is 68.0 Å². The van der Waals surface area contributed by atoms with Gasteiger partial charge in [-0.25, -0.2) is 9.79 Å². The number of aromatic nitrogens is 1. The first-order chi connectivity index (χ1) is 17.4. The number of esters is 1. The van der Waals surface area contributed by atoms with Crippen LogP contribution in [0.4, 0.5) is 0 Å². The number of hydrogen-bond acceptors (Lipinski definition) is 7. The van der Waals surface area contributed by atoms with Gasteiger partial charge in [-0.2, -0.15) is 0 Å². The largest absolute Gasteiger partial charge is 0.490 e. The normalized spacial score (nSPS) is 15.4. The van der Waals surface area contributed by atoms with Crippen LogP contribution in [-0.4, -0.2) is 30.9 Å². The van der Waals surface area contributed by atoms with E-state index in [1.54, 1.807) is 4.57 Å². The van der Waals surface area contributed by atoms with Crippen molar-refractivity contribution in [3.8, 4) is 11.5 Å². The average molecular weight is 571 g/mol. The van der Waals surface area contributed by atoms with Crippen molar-refractivity contribution in [1.82, 2.24) is 4.57 Å². The summed E-state index contributed by atoms with van der Waals surface area (Å²) in [6.07, 6.45) is 2.34. The van der Waals surface area contributed by atoms with Crippen molar-refractivity contribution in [3.63, 3.8) is 0 Å². The molecule has 0 aliphatic carbocycles. The molecule has 7 nitrogen and oxygen atoms in total. The fourth-order valence-corrected chi connectivity index (χ4v) is 5.60. The zero-order chi connectivity index (χ0) is 25.8. The molecule has 0 saturated heterocycles. The van der Waals surface area contributed by atoms with Crippen molar-refractivity contribution in [2.75, 3.05) is 20.3 Å². The standard InChI is InChI=1S/C27H27BrN2O5S/c1-5-19-23(26(32)33-4)24(16-11-9-8-10-12-16)30-25(31)22(36-27(30)29-19)14-17-13-20(34-6-2)21(35-7-3)15-18(17)28/h8-15,24H,5-7H2,1-4H3/b22-14-/t24-/m1/s1. The Morgan fingerprint density at radius 1 is 1.11 bits per heavy atom. The molecule has 1 aliphatic heterocycles. The van der Waals surface area contributed by atoms with Gasteiger partial charge in [-0.3, -0.25) is 9.36 Å². The molecular formula is C27H27BrN2O5S. The molecule has 3 aromatic rings. The molecule has 0 radical (unpaired) electrons. The van der Waals surface area contributed by atoms with Crippen molar-refractivity contribution < 1.29 is 19.0 Å². The smallest absolute Gasteiger partial charge is 0.338 e. The van der Waals surface area contributed by atoms with E-state index in [0.29, 0.717) is 51.7 Å². The zero-order valence-corrected chi connectivity index (χ0v) is 22.9. The van der Waals surface area contributed by atoms with Crippen molar-refractivity contribution in [2.24, 2.45) is 4.99 Å². The SMILES string of the molecule is CCOc1cc(Br)c(/C=c2\sc3n(c2=O)[C@H](c2ccccc2)C(C(=O)OC)=C(CC)N=3)cc1OCC. The quantitative estimate of drug-likeness (QED) is 0.376. The summed E-state index contributed by atoms with van der Waals surface area (Å²) in [5.74, 6) is 0.739. The lowest BCUT2D eigenvalue weighted by Gasteiger charge is -2.25. The fraction of sp³-hybridized carbons (Fsp3) is 0.296. The highest BCUT2D eigenvalue weighted by molar-refractivity contribution is 9.10. The Morgan fingerprint density at radius 3 is 2.39 bits per heavy atom. The first-order valence-electron chi connectivity index (χ1n) is 11.7. The molecular weight excluding hydrogens is 544 g/mol. The number of nitrogens with zero attached hydrogens (tertiary/aromatic N) is 2. The molecule has 188 valence electrons. The second-order valence-electron chi connectivity index (χ2n) is 7.89. The lowest BCUT2D eigenvalue weighted by molar-refractivity contribution is -0.136. The van der Waals surface area contributed by atoms with Crippen molar-refractivity contribution >= 4 is 39.3 Å². The maximum Gasteiger partial charge on any atom is 0.338 e. The monoisotopic (exact) mass is 570 g/mol. The minimum absolute atomic E-state index is 0.233. The third kappa shape index (κ3) is 4.90. The van der Waals surface area contributed by atoms with E-state index in [1.165, 1.54) is 18.4 Å². The number of rotatable bonds is 8. The predicted octanol–water partition coefficient (Wildman–Crippen LogP) is 4.36. The predicted molar refractivity (Wildman–Crippen MR) is 143 cm³/mol. The van der Waals surface area contributed by atoms with E-state index in [-0.39, 0.29) is 5.56 Å². The second kappa shape index (κ2) is 11.3. The Balaban J connectivity index is 1.95. The van der Waals surface area contributed by atoms with Gasteiger partial charge in [0.1, 0.15) is 0 Å². The Labute approximate surface area is 221 Å². The second-order valence-corrected chi connectivity index (χ2v) is 9.75. The number of carbonyl (C=O) groups excluding carboxylic acids is 1. The van der Waals surface area contributed by atoms with E-state index in [2.05, 4.69) is 15.9 Å². The number of halogens is 1. The number of ether oxygens (including phenoxy) is 3. The van der Waals surface area contributed by atoms with E-state index in [9.17, 15) is 9.59 Å². The fourth-order valence-electron chi connectivity index (χ4n) is 4.15. The molecule has 0 amide bonds. The first-order valence-corrected chi connectivity index (χ1v) is 13.3. The highest BCUT2D eigenvalue weighted by atomic mass is 79.9. The molecule has 2 heterocycles. The van der Waals surface area contributed by atoms with Crippen LogP contribution in [0, 0.1) is 0 Å². The minimum Gasteiger partial charge on any atom is -0.490 e. The molecule has 4 rings (SSSR count). The molecule has 0 N–H and O–H groups in total. The van der Waals surface area contributed by atoms with Crippen LogP contribution in [-0.2, 0) is 9.53 Å². The topological polar surface area (TPSA) is 79.1 Å². The van der Waals surface area contributed by atoms with E-state index in [0.717, 1.165) is 15.6 Å². The Kier molecular flexibility index (Phi) is 8.11. The molecule has 36 heavy (non-hydrogen) atoms. The van der Waals surface area contributed by atoms with E-state index < -0.39 is 12.0 Å². The van der Waals surface area contributed by atoms with Gasteiger partial charge in [0.2, 0.25) is 0 Å². The molecule has 1 atom stereocenters. The van der Waals surface area contributed by atoms with Crippen molar-refractivity contribution in [1.29, 1.82) is 0 Å². The lowest BCUT2D eigenvalue weighted by atomic mass is 9.95. The lowest BCUT2D eigenvalue weighted by Crippen LogP contribution is -2.40. The van der Waals surface area contributed by atoms with Gasteiger partial charge in [-0.1, -0.05) is 64.5 Å². The van der Waals surface area contributed by atoms with Gasteiger partial charge >= 0.3 is 5.97 Å². The van der Waals surface area contributed by atoms with Gasteiger partial charge in [0, 0.05) is 4.47 Å². The van der Waals surface area contributed by atoms with Crippen LogP contribution in [0.5, 0.6) is 11.5 Å². The van der Waals surface area contributed by atoms with Crippen molar-refractivity contribution in [3.05, 3.63) is 89.0 Å². The highest BCUT2D eigenvalue weighted by Gasteiger charge is 2.33. The first kappa shape index (κ1) is 25.9. The Morgan fingerprint density at radius 2 is 1.78 bits per heavy atom. The van der Waals surface area contributed by atoms with Gasteiger partial charge in [0.05, 0.1) is 42.2 Å². The number of thiazole rings is 1. The Bertz CT molecular complexity index is 1490. The molecule has 0 spiro atoms. The van der Waals surface area contributed by atoms with Gasteiger partial charge in [0.25, 0.3) is 5.56 Å². The molecule has 0 unspecified atom stereocenters. The van der Waals surface area contributed by atoms with Crippen LogP contribution >= 0.6 is 27.3 Å². The van der Waals surface area contributed by atoms with E-state index >= 15 is 0 Å². The maximum absolute atomic E-state index is 13.8. The molecule has 0 fully saturated rings. The summed E-state index contributed by atoms with van der Waals surface area (Å²) in [5.41, 5.74) is 2.34. The number of benzene rings is 2. The van der Waals surface area contributed by atoms with Crippen LogP contribution in [0.2, 0.25) is 0 Å². The van der Waals surface area contributed by atoms with Gasteiger partial charge in [-0.05, 0) is 49.6 Å². The highest BCUT2D eigenvalue weighted by Crippen LogP contribution is 2.35. The van der Waals surface area contributed by atoms with Gasteiger partial charge < -0.3 is 14.2 Å². The van der Waals surface area contributed by atoms with Gasteiger partial charge in [-0.15, -0.1) is 0 Å². The number of fused-ring (bicyclic) bond motifs is 1. The zero-order valence-electron chi connectivity index (χ0n) is 20.5. The molecule has 9 heteroatoms. The number of carbonyl (C=O) groups is 1. The summed E-state index contributed by atoms with van der Waals surface area (Å²) in [5, 5.41) is 0. The van der Waals surface area contributed by atoms with Crippen LogP contribution in [0.3, 0.4) is 0 Å². The third-order valence-corrected chi connectivity index (χ3v) is 7.38. The summed E-state index contributed by atoms with van der Waals surface area (Å²) in [6.45, 7) is 6.74. The van der Waals surface area contributed by atoms with Crippen LogP contribution in [0.25, 0.3) is 6.08 Å². The maximum atomic E-state index is 13.8. The number of allylic oxidation sites excluding steroid dienone is 1. The summed E-state index contributed by atoms with van der Waals surface area (Å²) >= 11 is 4.89. The van der Waals surface area contributed by atoms with Crippen molar-refractivity contribution in [2.45, 2.75) is 33.2 Å². The minimum atomic E-state index is -0.630. The third-order valence-electron chi connectivity index (χ3n) is 5.71. The number of hydrogen-bond donors (Lipinski definition) is 0.